The zero-order chi connectivity index (χ0) is 25.3. The van der Waals surface area contributed by atoms with Crippen LogP contribution in [0.15, 0.2) is 79.4 Å². The summed E-state index contributed by atoms with van der Waals surface area (Å²) in [5, 5.41) is 12.7. The first-order valence-corrected chi connectivity index (χ1v) is 11.7. The molecule has 0 bridgehead atoms. The molecule has 182 valence electrons. The minimum absolute atomic E-state index is 0.286. The van der Waals surface area contributed by atoms with Gasteiger partial charge in [0.25, 0.3) is 0 Å². The lowest BCUT2D eigenvalue weighted by Crippen LogP contribution is -2.36. The number of ether oxygens (including phenoxy) is 1. The van der Waals surface area contributed by atoms with E-state index >= 15 is 0 Å². The maximum Gasteiger partial charge on any atom is 0.213 e. The summed E-state index contributed by atoms with van der Waals surface area (Å²) in [6, 6.07) is 19.8. The number of rotatable bonds is 9. The van der Waals surface area contributed by atoms with Gasteiger partial charge in [-0.05, 0) is 53.7 Å². The second-order valence-electron chi connectivity index (χ2n) is 8.14. The number of aromatic nitrogens is 3. The van der Waals surface area contributed by atoms with Gasteiger partial charge in [0.1, 0.15) is 5.82 Å². The van der Waals surface area contributed by atoms with Gasteiger partial charge < -0.3 is 19.5 Å². The van der Waals surface area contributed by atoms with E-state index in [1.165, 1.54) is 12.1 Å². The summed E-state index contributed by atoms with van der Waals surface area (Å²) in [5.41, 5.74) is 4.30. The molecule has 0 fully saturated rings. The number of nitriles is 1. The van der Waals surface area contributed by atoms with Gasteiger partial charge in [0.05, 0.1) is 37.0 Å². The molecule has 0 spiro atoms. The summed E-state index contributed by atoms with van der Waals surface area (Å²) >= 11 is 5.72. The van der Waals surface area contributed by atoms with E-state index in [4.69, 9.17) is 22.2 Å². The summed E-state index contributed by atoms with van der Waals surface area (Å²) in [6.07, 6.45) is 5.96. The quantitative estimate of drug-likeness (QED) is 0.331. The van der Waals surface area contributed by atoms with Gasteiger partial charge in [0.15, 0.2) is 5.11 Å². The van der Waals surface area contributed by atoms with Crippen LogP contribution in [0.3, 0.4) is 0 Å². The van der Waals surface area contributed by atoms with Gasteiger partial charge in [-0.15, -0.1) is 0 Å². The van der Waals surface area contributed by atoms with Gasteiger partial charge in [0, 0.05) is 44.0 Å². The number of pyridine rings is 1. The zero-order valence-electron chi connectivity index (χ0n) is 19.8. The third-order valence-corrected chi connectivity index (χ3v) is 5.98. The minimum atomic E-state index is -0.286. The number of thiocarbonyl (C=S) groups is 1. The van der Waals surface area contributed by atoms with E-state index < -0.39 is 0 Å². The molecule has 0 aliphatic rings. The Hall–Kier alpha value is -4.29. The number of methoxy groups -OCH3 is 1. The highest BCUT2D eigenvalue weighted by Crippen LogP contribution is 2.15. The predicted molar refractivity (Wildman–Crippen MR) is 140 cm³/mol. The lowest BCUT2D eigenvalue weighted by Gasteiger charge is -2.26. The fraction of sp³-hybridized carbons (Fsp3) is 0.185. The largest absolute Gasteiger partial charge is 0.481 e. The summed E-state index contributed by atoms with van der Waals surface area (Å²) in [4.78, 5) is 10.5. The summed E-state index contributed by atoms with van der Waals surface area (Å²) < 4.78 is 21.0. The van der Waals surface area contributed by atoms with Crippen molar-refractivity contribution in [3.05, 3.63) is 108 Å². The molecule has 0 unspecified atom stereocenters. The van der Waals surface area contributed by atoms with Gasteiger partial charge in [0.2, 0.25) is 5.88 Å². The number of hydrogen-bond acceptors (Lipinski definition) is 5. The molecule has 0 radical (unpaired) electrons. The number of nitrogens with one attached hydrogen (secondary N) is 1. The molecule has 0 aliphatic heterocycles. The van der Waals surface area contributed by atoms with Crippen LogP contribution >= 0.6 is 12.2 Å². The van der Waals surface area contributed by atoms with Gasteiger partial charge >= 0.3 is 0 Å². The number of imidazole rings is 1. The highest BCUT2D eigenvalue weighted by molar-refractivity contribution is 7.80. The van der Waals surface area contributed by atoms with Crippen molar-refractivity contribution in [1.29, 1.82) is 5.26 Å². The minimum Gasteiger partial charge on any atom is -0.481 e. The van der Waals surface area contributed by atoms with Crippen LogP contribution in [0.4, 0.5) is 10.1 Å². The lowest BCUT2D eigenvalue weighted by atomic mass is 10.1. The van der Waals surface area contributed by atoms with Gasteiger partial charge in [-0.3, -0.25) is 0 Å². The summed E-state index contributed by atoms with van der Waals surface area (Å²) in [5.74, 6) is 0.227. The molecule has 0 amide bonds. The number of hydrogen-bond donors (Lipinski definition) is 1. The van der Waals surface area contributed by atoms with Crippen LogP contribution in [0, 0.1) is 17.1 Å². The van der Waals surface area contributed by atoms with Crippen molar-refractivity contribution >= 4 is 23.0 Å². The van der Waals surface area contributed by atoms with E-state index in [1.54, 1.807) is 31.8 Å². The first kappa shape index (κ1) is 24.8. The molecule has 9 heteroatoms. The summed E-state index contributed by atoms with van der Waals surface area (Å²) in [6.45, 7) is 1.67. The van der Waals surface area contributed by atoms with Crippen LogP contribution in [0.2, 0.25) is 0 Å². The van der Waals surface area contributed by atoms with Crippen LogP contribution in [0.25, 0.3) is 0 Å². The summed E-state index contributed by atoms with van der Waals surface area (Å²) in [7, 11) is 1.56. The van der Waals surface area contributed by atoms with Crippen LogP contribution < -0.4 is 10.1 Å². The van der Waals surface area contributed by atoms with Crippen molar-refractivity contribution in [2.45, 2.75) is 19.5 Å². The van der Waals surface area contributed by atoms with E-state index in [1.807, 2.05) is 47.5 Å². The van der Waals surface area contributed by atoms with Crippen molar-refractivity contribution in [2.75, 3.05) is 19.0 Å². The van der Waals surface area contributed by atoms with Crippen LogP contribution in [0.1, 0.15) is 22.4 Å². The molecule has 2 heterocycles. The molecule has 0 saturated carbocycles. The number of nitrogens with zero attached hydrogens (tertiary/aromatic N) is 5. The normalized spacial score (nSPS) is 10.5. The average molecular weight is 501 g/mol. The molecule has 0 aliphatic carbocycles. The Labute approximate surface area is 214 Å². The first-order valence-electron chi connectivity index (χ1n) is 11.3. The average Bonchev–Trinajstić information content (AvgIpc) is 3.34. The maximum absolute atomic E-state index is 13.8. The Morgan fingerprint density at radius 3 is 2.67 bits per heavy atom. The van der Waals surface area contributed by atoms with Crippen molar-refractivity contribution in [1.82, 2.24) is 19.4 Å². The number of halogens is 1. The van der Waals surface area contributed by atoms with E-state index in [2.05, 4.69) is 25.9 Å². The fourth-order valence-electron chi connectivity index (χ4n) is 3.72. The van der Waals surface area contributed by atoms with Crippen molar-refractivity contribution < 1.29 is 9.13 Å². The van der Waals surface area contributed by atoms with Crippen molar-refractivity contribution in [3.8, 4) is 11.9 Å². The molecule has 0 saturated heterocycles. The third kappa shape index (κ3) is 6.64. The molecule has 4 rings (SSSR count). The highest BCUT2D eigenvalue weighted by Gasteiger charge is 2.14. The van der Waals surface area contributed by atoms with Crippen molar-refractivity contribution in [2.24, 2.45) is 0 Å². The smallest absolute Gasteiger partial charge is 0.213 e. The number of anilines is 1. The second-order valence-corrected chi connectivity index (χ2v) is 8.53. The molecular formula is C27H25FN6OS. The maximum atomic E-state index is 13.8. The standard InChI is InChI=1S/C27H25FN6OS/c1-35-26-10-9-24(15-31-26)32-27(36)33(18-22-3-2-4-23(28)13-22)12-11-25-16-30-19-34(25)17-21-7-5-20(14-29)6-8-21/h2-10,13,15-16,19H,11-12,17-18H2,1H3,(H,32,36). The van der Waals surface area contributed by atoms with E-state index in [9.17, 15) is 4.39 Å². The Bertz CT molecular complexity index is 1350. The van der Waals surface area contributed by atoms with Gasteiger partial charge in [-0.2, -0.15) is 5.26 Å². The van der Waals surface area contributed by atoms with E-state index in [0.717, 1.165) is 22.5 Å². The molecule has 2 aromatic carbocycles. The lowest BCUT2D eigenvalue weighted by molar-refractivity contribution is 0.398. The fourth-order valence-corrected chi connectivity index (χ4v) is 3.99. The zero-order valence-corrected chi connectivity index (χ0v) is 20.6. The molecule has 1 N–H and O–H groups in total. The predicted octanol–water partition coefficient (Wildman–Crippen LogP) is 4.79. The topological polar surface area (TPSA) is 79.0 Å². The molecule has 0 atom stereocenters. The van der Waals surface area contributed by atoms with Gasteiger partial charge in [-0.1, -0.05) is 24.3 Å². The Morgan fingerprint density at radius 1 is 1.14 bits per heavy atom. The van der Waals surface area contributed by atoms with E-state index in [0.29, 0.717) is 42.6 Å². The molecular weight excluding hydrogens is 475 g/mol. The van der Waals surface area contributed by atoms with Crippen LogP contribution in [-0.4, -0.2) is 38.2 Å². The molecule has 4 aromatic rings. The Balaban J connectivity index is 1.47. The van der Waals surface area contributed by atoms with Crippen molar-refractivity contribution in [3.63, 3.8) is 0 Å². The van der Waals surface area contributed by atoms with Crippen LogP contribution in [-0.2, 0) is 19.5 Å². The van der Waals surface area contributed by atoms with Crippen LogP contribution in [0.5, 0.6) is 5.88 Å². The molecule has 7 nitrogen and oxygen atoms in total. The highest BCUT2D eigenvalue weighted by atomic mass is 32.1. The third-order valence-electron chi connectivity index (χ3n) is 5.62. The second kappa shape index (κ2) is 11.9. The number of benzene rings is 2. The van der Waals surface area contributed by atoms with E-state index in [-0.39, 0.29) is 5.82 Å². The molecule has 36 heavy (non-hydrogen) atoms. The molecule has 2 aromatic heterocycles. The van der Waals surface area contributed by atoms with Gasteiger partial charge in [-0.25, -0.2) is 14.4 Å². The Morgan fingerprint density at radius 2 is 1.97 bits per heavy atom. The first-order chi connectivity index (χ1) is 17.5. The SMILES string of the molecule is COc1ccc(NC(=S)N(CCc2cncn2Cc2ccc(C#N)cc2)Cc2cccc(F)c2)cn1. The monoisotopic (exact) mass is 500 g/mol. The Kier molecular flexibility index (Phi) is 8.21.